The van der Waals surface area contributed by atoms with E-state index in [1.165, 1.54) is 31.2 Å². The number of carboxylic acid groups (broad SMARTS) is 2. The zero-order valence-electron chi connectivity index (χ0n) is 84.6. The Balaban J connectivity index is 1.39. The van der Waals surface area contributed by atoms with Crippen LogP contribution in [0.3, 0.4) is 0 Å². The number of carbonyl (C=O) groups is 20. The van der Waals surface area contributed by atoms with Crippen molar-refractivity contribution in [2.45, 2.75) is 292 Å². The largest absolute Gasteiger partial charge is 0.482 e. The number of primary amides is 3. The molecular weight excluding hydrogens is 1960 g/mol. The Morgan fingerprint density at radius 2 is 0.906 bits per heavy atom. The summed E-state index contributed by atoms with van der Waals surface area (Å²) >= 11 is 0.717. The number of ether oxygens (including phenoxy) is 1. The van der Waals surface area contributed by atoms with Gasteiger partial charge in [0.25, 0.3) is 0 Å². The summed E-state index contributed by atoms with van der Waals surface area (Å²) in [6.45, 7) is 6.59. The molecule has 1 heterocycles. The second kappa shape index (κ2) is 61.2. The van der Waals surface area contributed by atoms with E-state index in [4.69, 9.17) is 39.1 Å². The van der Waals surface area contributed by atoms with Gasteiger partial charge in [-0.2, -0.15) is 13.2 Å². The van der Waals surface area contributed by atoms with Crippen LogP contribution in [0.15, 0.2) is 103 Å². The van der Waals surface area contributed by atoms with Crippen molar-refractivity contribution >= 4 is 130 Å². The topological polar surface area (TPSA) is 719 Å². The average molecular weight is 2110 g/mol. The molecule has 0 aromatic heterocycles. The molecule has 149 heavy (non-hydrogen) atoms. The van der Waals surface area contributed by atoms with Gasteiger partial charge in [0.1, 0.15) is 96.4 Å². The van der Waals surface area contributed by atoms with Gasteiger partial charge in [0.2, 0.25) is 106 Å². The minimum Gasteiger partial charge on any atom is -0.482 e. The molecule has 4 aromatic carbocycles. The first-order chi connectivity index (χ1) is 70.6. The number of likely N-dealkylation sites (N-methyl/N-ethyl adjacent to an activating group) is 1. The number of thioether (sulfide) groups is 1. The number of alkyl halides is 3. The smallest absolute Gasteiger partial charge is 0.416 e. The van der Waals surface area contributed by atoms with E-state index in [1.54, 1.807) is 70.2 Å². The Morgan fingerprint density at radius 3 is 1.41 bits per heavy atom. The highest BCUT2D eigenvalue weighted by atomic mass is 32.2. The van der Waals surface area contributed by atoms with Crippen LogP contribution in [0.4, 0.5) is 13.2 Å². The molecule has 818 valence electrons. The second-order valence-corrected chi connectivity index (χ2v) is 39.7. The first-order valence-corrected chi connectivity index (χ1v) is 51.3. The summed E-state index contributed by atoms with van der Waals surface area (Å²) in [5, 5.41) is 55.9. The van der Waals surface area contributed by atoms with Gasteiger partial charge in [0, 0.05) is 44.9 Å². The predicted molar refractivity (Wildman–Crippen MR) is 541 cm³/mol. The van der Waals surface area contributed by atoms with Crippen LogP contribution in [-0.4, -0.2) is 269 Å². The van der Waals surface area contributed by atoms with Gasteiger partial charge >= 0.3 is 18.1 Å². The lowest BCUT2D eigenvalue weighted by Crippen LogP contribution is -2.62. The number of nitrogens with one attached hydrogen (secondary N) is 14. The van der Waals surface area contributed by atoms with E-state index < -0.39 is 296 Å². The summed E-state index contributed by atoms with van der Waals surface area (Å²) in [5.74, 6) is -25.5. The molecule has 4 aromatic rings. The van der Waals surface area contributed by atoms with E-state index in [1.807, 2.05) is 12.1 Å². The molecule has 15 atom stereocenters. The Hall–Kier alpha value is -13.9. The molecule has 0 bridgehead atoms. The van der Waals surface area contributed by atoms with E-state index in [0.717, 1.165) is 67.1 Å². The number of carboxylic acids is 2. The van der Waals surface area contributed by atoms with Crippen LogP contribution in [0.5, 0.6) is 5.75 Å². The highest BCUT2D eigenvalue weighted by molar-refractivity contribution is 8.00. The molecular formula is C101H144F3N21O23S. The first-order valence-electron chi connectivity index (χ1n) is 50.1. The Bertz CT molecular complexity index is 5250. The van der Waals surface area contributed by atoms with E-state index in [9.17, 15) is 85.7 Å². The number of halogens is 3. The van der Waals surface area contributed by atoms with Crippen LogP contribution >= 0.6 is 11.8 Å². The summed E-state index contributed by atoms with van der Waals surface area (Å²) < 4.78 is 49.3. The fourth-order valence-electron chi connectivity index (χ4n) is 17.5. The van der Waals surface area contributed by atoms with Gasteiger partial charge in [0.05, 0.1) is 17.7 Å². The van der Waals surface area contributed by atoms with Crippen molar-refractivity contribution in [2.24, 2.45) is 58.1 Å². The van der Waals surface area contributed by atoms with Crippen molar-refractivity contribution in [1.82, 2.24) is 79.3 Å². The van der Waals surface area contributed by atoms with Crippen molar-refractivity contribution in [1.29, 1.82) is 0 Å². The zero-order valence-corrected chi connectivity index (χ0v) is 85.4. The maximum atomic E-state index is 15.8. The number of hydrogen-bond donors (Lipinski definition) is 22. The molecule has 3 aliphatic rings. The fraction of sp³-hybridized carbons (Fsp3) is 0.564. The molecule has 48 heteroatoms. The number of hydrogen-bond acceptors (Lipinski definition) is 25. The van der Waals surface area contributed by atoms with Crippen molar-refractivity contribution < 1.29 is 124 Å². The van der Waals surface area contributed by atoms with Crippen molar-refractivity contribution in [3.05, 3.63) is 125 Å². The van der Waals surface area contributed by atoms with Crippen LogP contribution in [0.1, 0.15) is 198 Å². The van der Waals surface area contributed by atoms with Gasteiger partial charge < -0.3 is 129 Å². The summed E-state index contributed by atoms with van der Waals surface area (Å²) in [5.41, 5.74) is 35.2. The van der Waals surface area contributed by atoms with E-state index in [-0.39, 0.29) is 99.2 Å². The van der Waals surface area contributed by atoms with Crippen LogP contribution in [0.25, 0.3) is 11.1 Å². The standard InChI is InChI=1S/C101H144F3N21O23S/c1-55(2)44-72-91(138)114-70(40-43-107)90(137)118-76(47-59-20-12-8-13-21-59)97(144)124-85(56(3)4)99(146)115-68(26-17-41-105)88(135)123-79(98(145)112-67(39-42-106)86(110)133)53-149-54-82(128)111-73(46-58-18-10-7-11-19-58)92(139)113-69(35-37-80(108)126)89(136)122-78(51-83(129)130)96(143)121-77(50-62-22-16-25-65(45-62)101(102,103)104)95(142)120-75(49-61-29-33-66(34-30-61)148-52-84(131)132)94(141)119-74(48-60-27-31-64(32-28-60)63-23-14-9-15-24-63)93(140)116-71(36-38-81(109)127)100(147)125(6)57(5)87(134)117-72/h9,14-16,22-25,27-34,45,55-59,67-79,85H,7-8,10-13,17-21,26,35-44,46-54,105-107H2,1-6H3,(H2,108,126)(H2,109,127)(H2,110,133)(H,111,128)(H,112,145)(H,113,139)(H,114,138)(H,115,146)(H,116,140)(H,117,134)(H,118,137)(H,119,141)(H,120,142)(H,121,143)(H,122,136)(H,123,135)(H,124,144)(H,129,130)(H,131,132)/t57-,67-,68-,69-,70-,71-,72+,73-,74-,75-,76-,77-,78-,79-,85-/m0/s1. The Kier molecular flexibility index (Phi) is 50.1. The lowest BCUT2D eigenvalue weighted by atomic mass is 9.84. The van der Waals surface area contributed by atoms with Crippen LogP contribution in [-0.2, 0) is 121 Å². The normalized spacial score (nSPS) is 23.7. The summed E-state index contributed by atoms with van der Waals surface area (Å²) in [6.07, 6.45) is -4.81. The maximum absolute atomic E-state index is 15.8. The molecule has 0 spiro atoms. The van der Waals surface area contributed by atoms with Gasteiger partial charge in [-0.3, -0.25) is 91.1 Å². The number of benzene rings is 4. The Morgan fingerprint density at radius 1 is 0.463 bits per heavy atom. The van der Waals surface area contributed by atoms with Crippen LogP contribution < -0.4 is 114 Å². The van der Waals surface area contributed by atoms with Gasteiger partial charge in [-0.1, -0.05) is 177 Å². The number of nitrogens with zero attached hydrogens (tertiary/aromatic N) is 1. The highest BCUT2D eigenvalue weighted by Gasteiger charge is 2.43. The third-order valence-corrected chi connectivity index (χ3v) is 26.9. The Labute approximate surface area is 866 Å². The number of carbonyl (C=O) groups excluding carboxylic acids is 18. The SMILES string of the molecule is CC(C)C[C@H]1NC(=O)[C@H](C)N(C)C(=O)[C@H](CCC(N)=O)NC(=O)[C@H](Cc2ccc(-c3ccccc3)cc2)NC(=O)[C@H](Cc2ccc(OCC(=O)O)cc2)NC(=O)[C@H](Cc2cccc(C(F)(F)F)c2)NC(=O)[C@H](CC(=O)O)NC(=O)[C@H](CCC(N)=O)NC(=O)[C@H](CC2CCCCC2)NC(=O)CSC[C@@H](C(=O)N[C@@H](CCN)C(N)=O)NC(=O)[C@H](CCCN)NC(=O)[C@H](C(C)C)NC(=O)[C@H](CC2CCCCC2)NC(=O)[C@H](CCN)NC1=O. The van der Waals surface area contributed by atoms with E-state index in [0.29, 0.717) is 61.8 Å². The van der Waals surface area contributed by atoms with Crippen molar-refractivity contribution in [3.8, 4) is 16.9 Å². The minimum absolute atomic E-state index is 0.0199. The van der Waals surface area contributed by atoms with Gasteiger partial charge in [-0.15, -0.1) is 11.8 Å². The fourth-order valence-corrected chi connectivity index (χ4v) is 18.4. The third-order valence-electron chi connectivity index (χ3n) is 25.9. The lowest BCUT2D eigenvalue weighted by molar-refractivity contribution is -0.143. The number of aliphatic carboxylic acids is 2. The van der Waals surface area contributed by atoms with Crippen LogP contribution in [0, 0.1) is 23.7 Å². The zero-order chi connectivity index (χ0) is 110. The summed E-state index contributed by atoms with van der Waals surface area (Å²) in [4.78, 5) is 290. The summed E-state index contributed by atoms with van der Waals surface area (Å²) in [6, 6.07) is -1.78. The van der Waals surface area contributed by atoms with Crippen molar-refractivity contribution in [2.75, 3.05) is 44.8 Å². The van der Waals surface area contributed by atoms with E-state index >= 15 is 33.6 Å². The second-order valence-electron chi connectivity index (χ2n) is 38.6. The van der Waals surface area contributed by atoms with Gasteiger partial charge in [-0.25, -0.2) is 4.79 Å². The minimum atomic E-state index is -5.04. The predicted octanol–water partition coefficient (Wildman–Crippen LogP) is -0.185. The third kappa shape index (κ3) is 41.6. The quantitative estimate of drug-likeness (QED) is 0.0284. The number of amides is 18. The molecule has 3 fully saturated rings. The monoisotopic (exact) mass is 2110 g/mol. The maximum Gasteiger partial charge on any atom is 0.416 e. The molecule has 44 nitrogen and oxygen atoms in total. The van der Waals surface area contributed by atoms with Crippen LogP contribution in [0.2, 0.25) is 0 Å². The number of nitrogens with two attached hydrogens (primary N) is 6. The number of rotatable bonds is 35. The molecule has 1 saturated heterocycles. The molecule has 0 unspecified atom stereocenters. The first kappa shape index (κ1) is 122. The average Bonchev–Trinajstić information content (AvgIpc) is 0.838. The van der Waals surface area contributed by atoms with Gasteiger partial charge in [0.15, 0.2) is 6.61 Å². The molecule has 2 aliphatic carbocycles. The van der Waals surface area contributed by atoms with E-state index in [2.05, 4.69) is 74.4 Å². The van der Waals surface area contributed by atoms with Crippen molar-refractivity contribution in [3.63, 3.8) is 0 Å². The molecule has 1 aliphatic heterocycles. The lowest BCUT2D eigenvalue weighted by Gasteiger charge is -2.32. The molecule has 7 rings (SSSR count). The summed E-state index contributed by atoms with van der Waals surface area (Å²) in [7, 11) is 1.15. The molecule has 0 radical (unpaired) electrons. The molecule has 28 N–H and O–H groups in total. The molecule has 2 saturated carbocycles. The van der Waals surface area contributed by atoms with Gasteiger partial charge in [-0.05, 0) is 154 Å². The molecule has 18 amide bonds. The highest BCUT2D eigenvalue weighted by Crippen LogP contribution is 2.33.